The lowest BCUT2D eigenvalue weighted by Gasteiger charge is -2.07. The van der Waals surface area contributed by atoms with Crippen molar-refractivity contribution in [2.45, 2.75) is 32.6 Å². The van der Waals surface area contributed by atoms with E-state index in [0.29, 0.717) is 29.3 Å². The maximum atomic E-state index is 12.2. The number of carbonyl (C=O) groups is 3. The summed E-state index contributed by atoms with van der Waals surface area (Å²) in [6.45, 7) is 5.84. The smallest absolute Gasteiger partial charge is 0.358 e. The monoisotopic (exact) mass is 415 g/mol. The second kappa shape index (κ2) is 11.8. The third kappa shape index (κ3) is 7.50. The van der Waals surface area contributed by atoms with E-state index in [9.17, 15) is 14.4 Å². The van der Waals surface area contributed by atoms with Crippen LogP contribution in [-0.2, 0) is 9.53 Å². The van der Waals surface area contributed by atoms with Crippen LogP contribution in [0.5, 0.6) is 0 Å². The summed E-state index contributed by atoms with van der Waals surface area (Å²) in [5.74, 6) is -1.03. The van der Waals surface area contributed by atoms with Crippen LogP contribution >= 0.6 is 11.3 Å². The average molecular weight is 416 g/mol. The molecule has 1 aromatic heterocycles. The number of unbranched alkanes of at least 4 members (excludes halogenated alkanes) is 2. The molecule has 2 rings (SSSR count). The standard InChI is InChI=1S/C21H25N3O4S/c1-3-5-6-7-19(26)23-16-10-8-15(9-11-16)18(25)13-28-20(27)17-14-29-21(24-17)22-12-4-2/h4,8-11,14H,2-3,5-7,12-13H2,1H3,(H,22,24)(H,23,26). The molecule has 0 aliphatic heterocycles. The van der Waals surface area contributed by atoms with Crippen LogP contribution in [0.25, 0.3) is 0 Å². The zero-order chi connectivity index (χ0) is 21.1. The van der Waals surface area contributed by atoms with Gasteiger partial charge in [0.25, 0.3) is 0 Å². The van der Waals surface area contributed by atoms with Crippen LogP contribution in [-0.4, -0.2) is 35.8 Å². The fraction of sp³-hybridized carbons (Fsp3) is 0.333. The van der Waals surface area contributed by atoms with Crippen LogP contribution in [0.15, 0.2) is 42.3 Å². The highest BCUT2D eigenvalue weighted by atomic mass is 32.1. The molecule has 0 bridgehead atoms. The fourth-order valence-electron chi connectivity index (χ4n) is 2.40. The molecule has 1 amide bonds. The molecule has 0 aliphatic rings. The summed E-state index contributed by atoms with van der Waals surface area (Å²) in [4.78, 5) is 40.2. The van der Waals surface area contributed by atoms with Crippen LogP contribution in [0.3, 0.4) is 0 Å². The molecule has 29 heavy (non-hydrogen) atoms. The van der Waals surface area contributed by atoms with Crippen molar-refractivity contribution in [3.05, 3.63) is 53.6 Å². The summed E-state index contributed by atoms with van der Waals surface area (Å²) < 4.78 is 5.05. The van der Waals surface area contributed by atoms with Gasteiger partial charge in [-0.05, 0) is 30.7 Å². The maximum absolute atomic E-state index is 12.2. The number of esters is 1. The number of nitrogens with one attached hydrogen (secondary N) is 2. The third-order valence-electron chi connectivity index (χ3n) is 3.94. The molecule has 2 N–H and O–H groups in total. The van der Waals surface area contributed by atoms with Gasteiger partial charge in [0.1, 0.15) is 0 Å². The predicted molar refractivity (Wildman–Crippen MR) is 115 cm³/mol. The number of aromatic nitrogens is 1. The summed E-state index contributed by atoms with van der Waals surface area (Å²) in [6, 6.07) is 6.51. The van der Waals surface area contributed by atoms with Crippen molar-refractivity contribution in [2.75, 3.05) is 23.8 Å². The van der Waals surface area contributed by atoms with Crippen LogP contribution in [0.1, 0.15) is 53.5 Å². The highest BCUT2D eigenvalue weighted by Gasteiger charge is 2.15. The Kier molecular flexibility index (Phi) is 9.04. The molecule has 8 heteroatoms. The molecule has 0 saturated heterocycles. The van der Waals surface area contributed by atoms with E-state index >= 15 is 0 Å². The molecule has 0 spiro atoms. The zero-order valence-corrected chi connectivity index (χ0v) is 17.2. The first-order chi connectivity index (χ1) is 14.0. The van der Waals surface area contributed by atoms with Crippen molar-refractivity contribution in [1.29, 1.82) is 0 Å². The summed E-state index contributed by atoms with van der Waals surface area (Å²) in [7, 11) is 0. The molecule has 1 aromatic carbocycles. The van der Waals surface area contributed by atoms with Crippen LogP contribution in [0, 0.1) is 0 Å². The number of nitrogens with zero attached hydrogens (tertiary/aromatic N) is 1. The molecule has 154 valence electrons. The first-order valence-corrected chi connectivity index (χ1v) is 10.3. The van der Waals surface area contributed by atoms with Crippen molar-refractivity contribution in [3.8, 4) is 0 Å². The van der Waals surface area contributed by atoms with E-state index in [1.54, 1.807) is 35.7 Å². The van der Waals surface area contributed by atoms with Crippen molar-refractivity contribution in [3.63, 3.8) is 0 Å². The average Bonchev–Trinajstić information content (AvgIpc) is 3.20. The minimum atomic E-state index is -0.655. The van der Waals surface area contributed by atoms with Crippen LogP contribution in [0.4, 0.5) is 10.8 Å². The normalized spacial score (nSPS) is 10.2. The van der Waals surface area contributed by atoms with E-state index in [2.05, 4.69) is 29.1 Å². The molecule has 0 aliphatic carbocycles. The number of benzene rings is 1. The van der Waals surface area contributed by atoms with E-state index in [1.165, 1.54) is 11.3 Å². The molecule has 2 aromatic rings. The van der Waals surface area contributed by atoms with Gasteiger partial charge >= 0.3 is 5.97 Å². The van der Waals surface area contributed by atoms with Gasteiger partial charge in [0.05, 0.1) is 0 Å². The molecule has 1 heterocycles. The number of amides is 1. The van der Waals surface area contributed by atoms with Crippen LogP contribution < -0.4 is 10.6 Å². The highest BCUT2D eigenvalue weighted by Crippen LogP contribution is 2.16. The van der Waals surface area contributed by atoms with Gasteiger partial charge in [-0.15, -0.1) is 17.9 Å². The van der Waals surface area contributed by atoms with Gasteiger partial charge in [0, 0.05) is 29.6 Å². The van der Waals surface area contributed by atoms with Gasteiger partial charge in [-0.3, -0.25) is 9.59 Å². The van der Waals surface area contributed by atoms with E-state index in [1.807, 2.05) is 0 Å². The second-order valence-corrected chi connectivity index (χ2v) is 7.15. The summed E-state index contributed by atoms with van der Waals surface area (Å²) in [5, 5.41) is 7.92. The molecule has 7 nitrogen and oxygen atoms in total. The van der Waals surface area contributed by atoms with Crippen molar-refractivity contribution >= 4 is 39.8 Å². The van der Waals surface area contributed by atoms with E-state index in [0.717, 1.165) is 19.3 Å². The molecular formula is C21H25N3O4S. The molecule has 0 saturated carbocycles. The Morgan fingerprint density at radius 2 is 1.97 bits per heavy atom. The Morgan fingerprint density at radius 3 is 2.66 bits per heavy atom. The number of ether oxygens (including phenoxy) is 1. The van der Waals surface area contributed by atoms with E-state index in [4.69, 9.17) is 4.74 Å². The number of Topliss-reactive ketones (excluding diaryl/α,β-unsaturated/α-hetero) is 1. The van der Waals surface area contributed by atoms with Gasteiger partial charge in [-0.1, -0.05) is 25.8 Å². The van der Waals surface area contributed by atoms with Crippen molar-refractivity contribution in [2.24, 2.45) is 0 Å². The lowest BCUT2D eigenvalue weighted by molar-refractivity contribution is -0.116. The number of hydrogen-bond acceptors (Lipinski definition) is 7. The SMILES string of the molecule is C=CCNc1nc(C(=O)OCC(=O)c2ccc(NC(=O)CCCCC)cc2)cs1. The Bertz CT molecular complexity index is 846. The largest absolute Gasteiger partial charge is 0.453 e. The maximum Gasteiger partial charge on any atom is 0.358 e. The number of carbonyl (C=O) groups excluding carboxylic acids is 3. The number of hydrogen-bond donors (Lipinski definition) is 2. The highest BCUT2D eigenvalue weighted by molar-refractivity contribution is 7.13. The topological polar surface area (TPSA) is 97.4 Å². The quantitative estimate of drug-likeness (QED) is 0.232. The predicted octanol–water partition coefficient (Wildman–Crippen LogP) is 4.30. The first kappa shape index (κ1) is 22.3. The fourth-order valence-corrected chi connectivity index (χ4v) is 3.08. The van der Waals surface area contributed by atoms with E-state index in [-0.39, 0.29) is 24.0 Å². The number of rotatable bonds is 12. The Morgan fingerprint density at radius 1 is 1.21 bits per heavy atom. The second-order valence-electron chi connectivity index (χ2n) is 6.29. The first-order valence-electron chi connectivity index (χ1n) is 9.44. The Balaban J connectivity index is 1.81. The summed E-state index contributed by atoms with van der Waals surface area (Å²) >= 11 is 1.27. The van der Waals surface area contributed by atoms with Gasteiger partial charge in [-0.2, -0.15) is 0 Å². The third-order valence-corrected chi connectivity index (χ3v) is 4.74. The molecule has 0 radical (unpaired) electrons. The number of thiazole rings is 1. The van der Waals surface area contributed by atoms with Gasteiger partial charge in [0.2, 0.25) is 5.91 Å². The minimum absolute atomic E-state index is 0.0448. The Labute approximate surface area is 174 Å². The zero-order valence-electron chi connectivity index (χ0n) is 16.4. The van der Waals surface area contributed by atoms with Crippen LogP contribution in [0.2, 0.25) is 0 Å². The Hall–Kier alpha value is -3.00. The molecule has 0 fully saturated rings. The lowest BCUT2D eigenvalue weighted by atomic mass is 10.1. The van der Waals surface area contributed by atoms with Crippen molar-refractivity contribution < 1.29 is 19.1 Å². The molecular weight excluding hydrogens is 390 g/mol. The van der Waals surface area contributed by atoms with Gasteiger partial charge < -0.3 is 15.4 Å². The summed E-state index contributed by atoms with van der Waals surface area (Å²) in [5.41, 5.74) is 1.17. The summed E-state index contributed by atoms with van der Waals surface area (Å²) in [6.07, 6.45) is 5.10. The number of ketones is 1. The van der Waals surface area contributed by atoms with E-state index < -0.39 is 5.97 Å². The minimum Gasteiger partial charge on any atom is -0.453 e. The molecule has 0 atom stereocenters. The number of anilines is 2. The van der Waals surface area contributed by atoms with Gasteiger partial charge in [-0.25, -0.2) is 9.78 Å². The van der Waals surface area contributed by atoms with Gasteiger partial charge in [0.15, 0.2) is 23.2 Å². The molecule has 0 unspecified atom stereocenters. The van der Waals surface area contributed by atoms with Crippen molar-refractivity contribution in [1.82, 2.24) is 4.98 Å². The lowest BCUT2D eigenvalue weighted by Crippen LogP contribution is -2.15.